The van der Waals surface area contributed by atoms with E-state index in [9.17, 15) is 9.18 Å². The van der Waals surface area contributed by atoms with Gasteiger partial charge in [0.1, 0.15) is 11.6 Å². The molecule has 0 aliphatic carbocycles. The summed E-state index contributed by atoms with van der Waals surface area (Å²) in [5.41, 5.74) is 2.04. The number of anilines is 4. The predicted molar refractivity (Wildman–Crippen MR) is 125 cm³/mol. The number of rotatable bonds is 6. The normalized spacial score (nSPS) is 11.4. The number of urea groups is 1. The summed E-state index contributed by atoms with van der Waals surface area (Å²) in [4.78, 5) is 23.3. The van der Waals surface area contributed by atoms with Crippen molar-refractivity contribution >= 4 is 29.2 Å². The highest BCUT2D eigenvalue weighted by Gasteiger charge is 2.21. The van der Waals surface area contributed by atoms with E-state index < -0.39 is 11.8 Å². The Balaban J connectivity index is 1.65. The van der Waals surface area contributed by atoms with Crippen LogP contribution in [0.2, 0.25) is 0 Å². The summed E-state index contributed by atoms with van der Waals surface area (Å²) in [6.07, 6.45) is 1.56. The molecule has 0 saturated heterocycles. The van der Waals surface area contributed by atoms with Crippen LogP contribution in [0.25, 0.3) is 0 Å². The van der Waals surface area contributed by atoms with Crippen molar-refractivity contribution in [3.05, 3.63) is 109 Å². The number of carbonyl (C=O) groups excluding carboxylic acids is 1. The fourth-order valence-electron chi connectivity index (χ4n) is 3.23. The Morgan fingerprint density at radius 3 is 2.38 bits per heavy atom. The second kappa shape index (κ2) is 9.70. The van der Waals surface area contributed by atoms with Crippen molar-refractivity contribution in [2.24, 2.45) is 0 Å². The van der Waals surface area contributed by atoms with Gasteiger partial charge in [-0.25, -0.2) is 19.1 Å². The number of nitrogens with one attached hydrogen (secondary N) is 2. The average molecular weight is 427 g/mol. The number of nitrogens with zero attached hydrogens (tertiary/aromatic N) is 3. The van der Waals surface area contributed by atoms with Crippen molar-refractivity contribution in [3.63, 3.8) is 0 Å². The molecule has 1 aromatic heterocycles. The van der Waals surface area contributed by atoms with E-state index in [0.29, 0.717) is 23.1 Å². The molecule has 6 nitrogen and oxygen atoms in total. The lowest BCUT2D eigenvalue weighted by Gasteiger charge is -2.23. The number of aromatic nitrogens is 2. The molecule has 0 saturated carbocycles. The van der Waals surface area contributed by atoms with Crippen LogP contribution in [0.1, 0.15) is 18.5 Å². The molecule has 3 aromatic carbocycles. The Hall–Kier alpha value is -4.26. The van der Waals surface area contributed by atoms with Gasteiger partial charge in [0.25, 0.3) is 0 Å². The number of hydrogen-bond acceptors (Lipinski definition) is 4. The Bertz CT molecular complexity index is 1190. The zero-order valence-corrected chi connectivity index (χ0v) is 17.4. The summed E-state index contributed by atoms with van der Waals surface area (Å²) in [5, 5.41) is 6.08. The number of benzene rings is 3. The standard InChI is InChI=1S/C25H22FN5O/c1-18(19-9-4-2-5-10-19)28-24-27-16-15-23(30-24)31(22-14-8-11-20(26)17-22)25(32)29-21-12-6-3-7-13-21/h2-18H,1H3,(H,29,32)(H,27,28,30). The Kier molecular flexibility index (Phi) is 6.36. The first kappa shape index (κ1) is 21.0. The van der Waals surface area contributed by atoms with Gasteiger partial charge in [-0.3, -0.25) is 0 Å². The van der Waals surface area contributed by atoms with Crippen molar-refractivity contribution < 1.29 is 9.18 Å². The molecule has 160 valence electrons. The van der Waals surface area contributed by atoms with Crippen molar-refractivity contribution in [2.75, 3.05) is 15.5 Å². The zero-order chi connectivity index (χ0) is 22.3. The third-order valence-corrected chi connectivity index (χ3v) is 4.81. The van der Waals surface area contributed by atoms with Gasteiger partial charge in [-0.2, -0.15) is 4.98 Å². The third kappa shape index (κ3) is 5.07. The highest BCUT2D eigenvalue weighted by Crippen LogP contribution is 2.27. The molecule has 0 fully saturated rings. The van der Waals surface area contributed by atoms with Crippen LogP contribution in [0.15, 0.2) is 97.2 Å². The molecule has 4 aromatic rings. The Labute approximate surface area is 185 Å². The Morgan fingerprint density at radius 2 is 1.66 bits per heavy atom. The predicted octanol–water partition coefficient (Wildman–Crippen LogP) is 6.16. The second-order valence-corrected chi connectivity index (χ2v) is 7.13. The van der Waals surface area contributed by atoms with E-state index in [1.54, 1.807) is 36.5 Å². The molecule has 7 heteroatoms. The lowest BCUT2D eigenvalue weighted by molar-refractivity contribution is 0.259. The summed E-state index contributed by atoms with van der Waals surface area (Å²) in [6.45, 7) is 2.00. The first-order valence-corrected chi connectivity index (χ1v) is 10.2. The van der Waals surface area contributed by atoms with Gasteiger partial charge in [0.2, 0.25) is 5.95 Å². The van der Waals surface area contributed by atoms with E-state index in [0.717, 1.165) is 5.56 Å². The van der Waals surface area contributed by atoms with Crippen LogP contribution in [0.3, 0.4) is 0 Å². The fraction of sp³-hybridized carbons (Fsp3) is 0.0800. The zero-order valence-electron chi connectivity index (χ0n) is 17.4. The minimum Gasteiger partial charge on any atom is -0.348 e. The molecule has 0 spiro atoms. The molecule has 1 heterocycles. The SMILES string of the molecule is CC(Nc1nccc(N(C(=O)Nc2ccccc2)c2cccc(F)c2)n1)c1ccccc1. The molecular formula is C25H22FN5O. The van der Waals surface area contributed by atoms with E-state index in [-0.39, 0.29) is 6.04 Å². The minimum absolute atomic E-state index is 0.0489. The van der Waals surface area contributed by atoms with Crippen LogP contribution < -0.4 is 15.5 Å². The van der Waals surface area contributed by atoms with Crippen molar-refractivity contribution in [1.82, 2.24) is 9.97 Å². The number of carbonyl (C=O) groups is 1. The Morgan fingerprint density at radius 1 is 0.938 bits per heavy atom. The van der Waals surface area contributed by atoms with E-state index in [4.69, 9.17) is 0 Å². The molecule has 2 N–H and O–H groups in total. The lowest BCUT2D eigenvalue weighted by Crippen LogP contribution is -2.31. The van der Waals surface area contributed by atoms with Gasteiger partial charge in [0, 0.05) is 18.0 Å². The summed E-state index contributed by atoms with van der Waals surface area (Å²) < 4.78 is 14.0. The molecule has 0 aliphatic rings. The minimum atomic E-state index is -0.470. The monoisotopic (exact) mass is 427 g/mol. The van der Waals surface area contributed by atoms with Gasteiger partial charge in [-0.1, -0.05) is 54.6 Å². The smallest absolute Gasteiger partial charge is 0.332 e. The van der Waals surface area contributed by atoms with Gasteiger partial charge in [-0.05, 0) is 42.8 Å². The molecule has 1 unspecified atom stereocenters. The molecule has 4 rings (SSSR count). The van der Waals surface area contributed by atoms with E-state index in [2.05, 4.69) is 20.6 Å². The van der Waals surface area contributed by atoms with Crippen LogP contribution in [0, 0.1) is 5.82 Å². The quantitative estimate of drug-likeness (QED) is 0.387. The van der Waals surface area contributed by atoms with E-state index in [1.165, 1.54) is 17.0 Å². The highest BCUT2D eigenvalue weighted by molar-refractivity contribution is 6.06. The molecule has 0 aliphatic heterocycles. The van der Waals surface area contributed by atoms with Crippen LogP contribution in [0.4, 0.5) is 32.3 Å². The first-order chi connectivity index (χ1) is 15.6. The topological polar surface area (TPSA) is 70.2 Å². The summed E-state index contributed by atoms with van der Waals surface area (Å²) in [6, 6.07) is 25.8. The third-order valence-electron chi connectivity index (χ3n) is 4.81. The maximum absolute atomic E-state index is 14.0. The van der Waals surface area contributed by atoms with Crippen molar-refractivity contribution in [2.45, 2.75) is 13.0 Å². The lowest BCUT2D eigenvalue weighted by atomic mass is 10.1. The maximum Gasteiger partial charge on any atom is 0.332 e. The van der Waals surface area contributed by atoms with Crippen molar-refractivity contribution in [1.29, 1.82) is 0 Å². The van der Waals surface area contributed by atoms with Crippen LogP contribution in [-0.4, -0.2) is 16.0 Å². The number of para-hydroxylation sites is 1. The molecule has 32 heavy (non-hydrogen) atoms. The molecular weight excluding hydrogens is 405 g/mol. The summed E-state index contributed by atoms with van der Waals surface area (Å²) >= 11 is 0. The molecule has 0 radical (unpaired) electrons. The van der Waals surface area contributed by atoms with Crippen LogP contribution >= 0.6 is 0 Å². The van der Waals surface area contributed by atoms with Crippen LogP contribution in [-0.2, 0) is 0 Å². The van der Waals surface area contributed by atoms with Gasteiger partial charge >= 0.3 is 6.03 Å². The summed E-state index contributed by atoms with van der Waals surface area (Å²) in [7, 11) is 0. The summed E-state index contributed by atoms with van der Waals surface area (Å²) in [5.74, 6) is 0.208. The number of amides is 2. The molecule has 1 atom stereocenters. The van der Waals surface area contributed by atoms with E-state index in [1.807, 2.05) is 55.5 Å². The largest absolute Gasteiger partial charge is 0.348 e. The van der Waals surface area contributed by atoms with Gasteiger partial charge in [0.15, 0.2) is 0 Å². The first-order valence-electron chi connectivity index (χ1n) is 10.2. The molecule has 0 bridgehead atoms. The maximum atomic E-state index is 14.0. The highest BCUT2D eigenvalue weighted by atomic mass is 19.1. The van der Waals surface area contributed by atoms with Crippen LogP contribution in [0.5, 0.6) is 0 Å². The number of hydrogen-bond donors (Lipinski definition) is 2. The number of halogens is 1. The van der Waals surface area contributed by atoms with Gasteiger partial charge in [0.05, 0.1) is 11.7 Å². The van der Waals surface area contributed by atoms with Gasteiger partial charge in [-0.15, -0.1) is 0 Å². The second-order valence-electron chi connectivity index (χ2n) is 7.13. The van der Waals surface area contributed by atoms with Gasteiger partial charge < -0.3 is 10.6 Å². The fourth-order valence-corrected chi connectivity index (χ4v) is 3.23. The molecule has 2 amide bonds. The van der Waals surface area contributed by atoms with E-state index >= 15 is 0 Å². The average Bonchev–Trinajstić information content (AvgIpc) is 2.81. The van der Waals surface area contributed by atoms with Crippen molar-refractivity contribution in [3.8, 4) is 0 Å².